The molecule has 5 heteroatoms. The maximum Gasteiger partial charge on any atom is 0.246 e. The normalized spacial score (nSPS) is 20.8. The number of carbonyl (C=O) groups excluding carboxylic acids is 2. The zero-order valence-corrected chi connectivity index (χ0v) is 16.4. The summed E-state index contributed by atoms with van der Waals surface area (Å²) in [6, 6.07) is 17.7. The van der Waals surface area contributed by atoms with Gasteiger partial charge in [-0.2, -0.15) is 0 Å². The van der Waals surface area contributed by atoms with Crippen molar-refractivity contribution < 1.29 is 14.3 Å². The Labute approximate surface area is 165 Å². The van der Waals surface area contributed by atoms with Crippen molar-refractivity contribution in [1.82, 2.24) is 4.90 Å². The van der Waals surface area contributed by atoms with Gasteiger partial charge in [-0.1, -0.05) is 43.3 Å². The molecule has 0 unspecified atom stereocenters. The average Bonchev–Trinajstić information content (AvgIpc) is 3.48. The second kappa shape index (κ2) is 7.30. The number of hydrogen-bond acceptors (Lipinski definition) is 3. The van der Waals surface area contributed by atoms with Crippen LogP contribution in [0.1, 0.15) is 25.3 Å². The smallest absolute Gasteiger partial charge is 0.246 e. The van der Waals surface area contributed by atoms with E-state index in [9.17, 15) is 9.59 Å². The predicted molar refractivity (Wildman–Crippen MR) is 108 cm³/mol. The van der Waals surface area contributed by atoms with E-state index in [1.165, 1.54) is 5.56 Å². The molecule has 1 atom stereocenters. The summed E-state index contributed by atoms with van der Waals surface area (Å²) in [6.07, 6.45) is 2.55. The summed E-state index contributed by atoms with van der Waals surface area (Å²) >= 11 is 0. The van der Waals surface area contributed by atoms with Crippen LogP contribution in [0.3, 0.4) is 0 Å². The average molecular weight is 378 g/mol. The summed E-state index contributed by atoms with van der Waals surface area (Å²) in [7, 11) is 1.62. The van der Waals surface area contributed by atoms with Crippen LogP contribution in [0.15, 0.2) is 54.6 Å². The van der Waals surface area contributed by atoms with Crippen molar-refractivity contribution in [2.24, 2.45) is 5.41 Å². The van der Waals surface area contributed by atoms with Crippen LogP contribution in [-0.2, 0) is 16.0 Å². The number of anilines is 1. The van der Waals surface area contributed by atoms with Gasteiger partial charge in [0.1, 0.15) is 12.3 Å². The molecule has 28 heavy (non-hydrogen) atoms. The number of rotatable bonds is 5. The van der Waals surface area contributed by atoms with Crippen LogP contribution >= 0.6 is 0 Å². The van der Waals surface area contributed by atoms with E-state index in [0.29, 0.717) is 12.3 Å². The Bertz CT molecular complexity index is 876. The first kappa shape index (κ1) is 18.5. The van der Waals surface area contributed by atoms with E-state index < -0.39 is 0 Å². The van der Waals surface area contributed by atoms with Gasteiger partial charge in [0.25, 0.3) is 0 Å². The first-order valence-corrected chi connectivity index (χ1v) is 9.79. The maximum atomic E-state index is 13.1. The van der Waals surface area contributed by atoms with Crippen molar-refractivity contribution in [1.29, 1.82) is 0 Å². The Hall–Kier alpha value is -2.82. The third kappa shape index (κ3) is 3.61. The molecule has 0 N–H and O–H groups in total. The van der Waals surface area contributed by atoms with Crippen molar-refractivity contribution in [2.45, 2.75) is 32.2 Å². The lowest BCUT2D eigenvalue weighted by atomic mass is 9.98. The first-order chi connectivity index (χ1) is 13.5. The fourth-order valence-corrected chi connectivity index (χ4v) is 3.85. The molecule has 0 radical (unpaired) electrons. The third-order valence-electron chi connectivity index (χ3n) is 5.90. The highest BCUT2D eigenvalue weighted by Gasteiger charge is 2.50. The number of carbonyl (C=O) groups is 2. The largest absolute Gasteiger partial charge is 0.497 e. The SMILES string of the molecule is COc1cccc(N2C[C@@H](Cc3ccccc3)N(C(=O)C3(C)CC3)CC2=O)c1. The maximum absolute atomic E-state index is 13.1. The van der Waals surface area contributed by atoms with Gasteiger partial charge in [0.2, 0.25) is 11.8 Å². The number of methoxy groups -OCH3 is 1. The molecular weight excluding hydrogens is 352 g/mol. The minimum absolute atomic E-state index is 0.0452. The molecule has 2 aromatic rings. The van der Waals surface area contributed by atoms with Gasteiger partial charge in [0.15, 0.2) is 0 Å². The lowest BCUT2D eigenvalue weighted by Gasteiger charge is -2.42. The minimum atomic E-state index is -0.284. The van der Waals surface area contributed by atoms with Crippen molar-refractivity contribution in [3.05, 3.63) is 60.2 Å². The van der Waals surface area contributed by atoms with Gasteiger partial charge >= 0.3 is 0 Å². The van der Waals surface area contributed by atoms with Crippen LogP contribution in [0, 0.1) is 5.41 Å². The number of hydrogen-bond donors (Lipinski definition) is 0. The molecule has 2 aliphatic rings. The standard InChI is InChI=1S/C23H26N2O3/c1-23(11-12-23)22(27)25-16-21(26)24(18-9-6-10-20(14-18)28-2)15-19(25)13-17-7-4-3-5-8-17/h3-10,14,19H,11-13,15-16H2,1-2H3/t19-/m1/s1. The second-order valence-corrected chi connectivity index (χ2v) is 8.04. The van der Waals surface area contributed by atoms with Crippen LogP contribution in [0.2, 0.25) is 0 Å². The summed E-state index contributed by atoms with van der Waals surface area (Å²) in [5, 5.41) is 0. The molecule has 1 saturated carbocycles. The zero-order valence-electron chi connectivity index (χ0n) is 16.4. The van der Waals surface area contributed by atoms with Gasteiger partial charge in [-0.05, 0) is 37.0 Å². The molecule has 1 heterocycles. The molecule has 0 spiro atoms. The number of ether oxygens (including phenoxy) is 1. The summed E-state index contributed by atoms with van der Waals surface area (Å²) in [6.45, 7) is 2.62. The molecule has 5 nitrogen and oxygen atoms in total. The second-order valence-electron chi connectivity index (χ2n) is 8.04. The van der Waals surface area contributed by atoms with Gasteiger partial charge in [-0.25, -0.2) is 0 Å². The molecule has 0 bridgehead atoms. The number of piperazine rings is 1. The Balaban J connectivity index is 1.62. The van der Waals surface area contributed by atoms with Crippen molar-refractivity contribution in [3.8, 4) is 5.75 Å². The van der Waals surface area contributed by atoms with Crippen molar-refractivity contribution in [3.63, 3.8) is 0 Å². The highest BCUT2D eigenvalue weighted by atomic mass is 16.5. The Morgan fingerprint density at radius 3 is 2.57 bits per heavy atom. The van der Waals surface area contributed by atoms with E-state index in [4.69, 9.17) is 4.74 Å². The molecule has 2 fully saturated rings. The summed E-state index contributed by atoms with van der Waals surface area (Å²) in [5.41, 5.74) is 1.70. The Morgan fingerprint density at radius 2 is 1.89 bits per heavy atom. The van der Waals surface area contributed by atoms with E-state index >= 15 is 0 Å². The lowest BCUT2D eigenvalue weighted by Crippen LogP contribution is -2.60. The van der Waals surface area contributed by atoms with E-state index in [1.807, 2.05) is 54.3 Å². The predicted octanol–water partition coefficient (Wildman–Crippen LogP) is 3.28. The third-order valence-corrected chi connectivity index (χ3v) is 5.90. The van der Waals surface area contributed by atoms with Crippen LogP contribution in [-0.4, -0.2) is 43.0 Å². The highest BCUT2D eigenvalue weighted by molar-refractivity contribution is 5.99. The van der Waals surface area contributed by atoms with Crippen LogP contribution < -0.4 is 9.64 Å². The van der Waals surface area contributed by atoms with E-state index in [-0.39, 0.29) is 29.8 Å². The van der Waals surface area contributed by atoms with Gasteiger partial charge in [0, 0.05) is 23.7 Å². The van der Waals surface area contributed by atoms with E-state index in [2.05, 4.69) is 12.1 Å². The minimum Gasteiger partial charge on any atom is -0.497 e. The molecule has 2 aromatic carbocycles. The van der Waals surface area contributed by atoms with Crippen LogP contribution in [0.5, 0.6) is 5.75 Å². The van der Waals surface area contributed by atoms with Crippen LogP contribution in [0.25, 0.3) is 0 Å². The molecule has 1 aliphatic heterocycles. The molecule has 2 amide bonds. The lowest BCUT2D eigenvalue weighted by molar-refractivity contribution is -0.143. The van der Waals surface area contributed by atoms with E-state index in [0.717, 1.165) is 24.9 Å². The number of benzene rings is 2. The molecule has 1 aliphatic carbocycles. The van der Waals surface area contributed by atoms with Gasteiger partial charge in [0.05, 0.1) is 13.2 Å². The van der Waals surface area contributed by atoms with E-state index in [1.54, 1.807) is 12.0 Å². The summed E-state index contributed by atoms with van der Waals surface area (Å²) in [4.78, 5) is 29.7. The molecule has 146 valence electrons. The summed E-state index contributed by atoms with van der Waals surface area (Å²) in [5.74, 6) is 0.788. The zero-order chi connectivity index (χ0) is 19.7. The van der Waals surface area contributed by atoms with Gasteiger partial charge in [-0.3, -0.25) is 9.59 Å². The monoisotopic (exact) mass is 378 g/mol. The Kier molecular flexibility index (Phi) is 4.84. The molecule has 1 saturated heterocycles. The fourth-order valence-electron chi connectivity index (χ4n) is 3.85. The van der Waals surface area contributed by atoms with Crippen LogP contribution in [0.4, 0.5) is 5.69 Å². The topological polar surface area (TPSA) is 49.9 Å². The quantitative estimate of drug-likeness (QED) is 0.802. The van der Waals surface area contributed by atoms with Gasteiger partial charge < -0.3 is 14.5 Å². The Morgan fingerprint density at radius 1 is 1.14 bits per heavy atom. The fraction of sp³-hybridized carbons (Fsp3) is 0.391. The van der Waals surface area contributed by atoms with Gasteiger partial charge in [-0.15, -0.1) is 0 Å². The molecular formula is C23H26N2O3. The molecule has 0 aromatic heterocycles. The molecule has 4 rings (SSSR count). The van der Waals surface area contributed by atoms with Crippen molar-refractivity contribution in [2.75, 3.05) is 25.1 Å². The summed E-state index contributed by atoms with van der Waals surface area (Å²) < 4.78 is 5.31. The number of nitrogens with zero attached hydrogens (tertiary/aromatic N) is 2. The van der Waals surface area contributed by atoms with Crippen molar-refractivity contribution >= 4 is 17.5 Å². The first-order valence-electron chi connectivity index (χ1n) is 9.79. The highest BCUT2D eigenvalue weighted by Crippen LogP contribution is 2.47. The number of amides is 2.